The zero-order valence-electron chi connectivity index (χ0n) is 16.7. The van der Waals surface area contributed by atoms with Crippen LogP contribution in [0.25, 0.3) is 0 Å². The molecule has 0 atom stereocenters. The van der Waals surface area contributed by atoms with E-state index in [1.54, 1.807) is 0 Å². The maximum Gasteiger partial charge on any atom is 0.234 e. The number of carbonyl (C=O) groups is 1. The molecule has 7 heteroatoms. The second kappa shape index (κ2) is 9.59. The third kappa shape index (κ3) is 5.25. The molecule has 2 heterocycles. The van der Waals surface area contributed by atoms with E-state index in [0.29, 0.717) is 12.2 Å². The summed E-state index contributed by atoms with van der Waals surface area (Å²) in [6, 6.07) is 12.2. The van der Waals surface area contributed by atoms with Crippen molar-refractivity contribution < 1.29 is 4.79 Å². The molecule has 28 heavy (non-hydrogen) atoms. The highest BCUT2D eigenvalue weighted by atomic mass is 32.2. The Kier molecular flexibility index (Phi) is 6.92. The van der Waals surface area contributed by atoms with Crippen LogP contribution in [0.15, 0.2) is 47.8 Å². The van der Waals surface area contributed by atoms with Crippen molar-refractivity contribution in [2.24, 2.45) is 14.1 Å². The Morgan fingerprint density at radius 3 is 2.61 bits per heavy atom. The first-order chi connectivity index (χ1) is 13.6. The summed E-state index contributed by atoms with van der Waals surface area (Å²) < 4.78 is 4.02. The molecule has 0 aliphatic heterocycles. The Hall–Kier alpha value is -2.54. The predicted molar refractivity (Wildman–Crippen MR) is 114 cm³/mol. The molecule has 0 saturated carbocycles. The van der Waals surface area contributed by atoms with Gasteiger partial charge in [-0.15, -0.1) is 10.2 Å². The zero-order chi connectivity index (χ0) is 19.9. The average molecular weight is 398 g/mol. The first-order valence-corrected chi connectivity index (χ1v) is 10.6. The number of aromatic nitrogens is 4. The lowest BCUT2D eigenvalue weighted by molar-refractivity contribution is -0.113. The summed E-state index contributed by atoms with van der Waals surface area (Å²) in [4.78, 5) is 12.3. The molecule has 0 bridgehead atoms. The number of rotatable bonds is 9. The smallest absolute Gasteiger partial charge is 0.234 e. The molecule has 6 nitrogen and oxygen atoms in total. The van der Waals surface area contributed by atoms with Crippen molar-refractivity contribution >= 4 is 23.4 Å². The quantitative estimate of drug-likeness (QED) is 0.558. The molecule has 1 amide bonds. The van der Waals surface area contributed by atoms with Crippen LogP contribution in [-0.4, -0.2) is 31.0 Å². The molecule has 1 N–H and O–H groups in total. The van der Waals surface area contributed by atoms with E-state index in [0.717, 1.165) is 23.1 Å². The lowest BCUT2D eigenvalue weighted by Gasteiger charge is -2.07. The summed E-state index contributed by atoms with van der Waals surface area (Å²) >= 11 is 1.40. The fraction of sp³-hybridized carbons (Fsp3) is 0.381. The van der Waals surface area contributed by atoms with Crippen molar-refractivity contribution in [1.29, 1.82) is 0 Å². The van der Waals surface area contributed by atoms with E-state index in [2.05, 4.69) is 45.2 Å². The molecular weight excluding hydrogens is 370 g/mol. The lowest BCUT2D eigenvalue weighted by atomic mass is 10.1. The van der Waals surface area contributed by atoms with Gasteiger partial charge < -0.3 is 14.5 Å². The molecule has 2 aromatic heterocycles. The van der Waals surface area contributed by atoms with Gasteiger partial charge in [-0.05, 0) is 42.7 Å². The minimum Gasteiger partial charge on any atom is -0.354 e. The molecule has 0 radical (unpaired) electrons. The third-order valence-electron chi connectivity index (χ3n) is 4.70. The van der Waals surface area contributed by atoms with E-state index in [9.17, 15) is 4.79 Å². The first kappa shape index (κ1) is 20.2. The van der Waals surface area contributed by atoms with Gasteiger partial charge in [0.05, 0.1) is 5.75 Å². The van der Waals surface area contributed by atoms with Crippen LogP contribution in [0.2, 0.25) is 0 Å². The van der Waals surface area contributed by atoms with Gasteiger partial charge >= 0.3 is 0 Å². The van der Waals surface area contributed by atoms with Gasteiger partial charge in [-0.25, -0.2) is 0 Å². The number of hydrogen-bond acceptors (Lipinski definition) is 4. The number of amides is 1. The number of nitrogens with one attached hydrogen (secondary N) is 1. The largest absolute Gasteiger partial charge is 0.354 e. The van der Waals surface area contributed by atoms with Crippen LogP contribution in [0.1, 0.15) is 36.8 Å². The van der Waals surface area contributed by atoms with E-state index in [-0.39, 0.29) is 5.91 Å². The SMILES string of the molecule is CCCCc1ccc(NC(=O)CSc2nnc(Cc3cccn3C)n2C)cc1. The predicted octanol–water partition coefficient (Wildman–Crippen LogP) is 3.82. The molecule has 3 aromatic rings. The van der Waals surface area contributed by atoms with Crippen molar-refractivity contribution in [1.82, 2.24) is 19.3 Å². The van der Waals surface area contributed by atoms with Gasteiger partial charge in [0, 0.05) is 38.1 Å². The van der Waals surface area contributed by atoms with Crippen LogP contribution < -0.4 is 5.32 Å². The van der Waals surface area contributed by atoms with Gasteiger partial charge in [0.1, 0.15) is 5.82 Å². The number of thioether (sulfide) groups is 1. The summed E-state index contributed by atoms with van der Waals surface area (Å²) in [5.74, 6) is 1.14. The molecule has 0 spiro atoms. The number of unbranched alkanes of at least 4 members (excludes halogenated alkanes) is 1. The number of carbonyl (C=O) groups excluding carboxylic acids is 1. The van der Waals surface area contributed by atoms with Crippen molar-refractivity contribution in [2.45, 2.75) is 37.8 Å². The molecule has 0 aliphatic rings. The molecular formula is C21H27N5OS. The number of anilines is 1. The third-order valence-corrected chi connectivity index (χ3v) is 5.72. The Bertz CT molecular complexity index is 913. The van der Waals surface area contributed by atoms with Crippen LogP contribution in [0.3, 0.4) is 0 Å². The Balaban J connectivity index is 1.51. The van der Waals surface area contributed by atoms with Crippen molar-refractivity contribution in [3.05, 3.63) is 59.7 Å². The van der Waals surface area contributed by atoms with Gasteiger partial charge in [0.15, 0.2) is 5.16 Å². The van der Waals surface area contributed by atoms with E-state index < -0.39 is 0 Å². The van der Waals surface area contributed by atoms with Gasteiger partial charge in [0.25, 0.3) is 0 Å². The highest BCUT2D eigenvalue weighted by molar-refractivity contribution is 7.99. The fourth-order valence-electron chi connectivity index (χ4n) is 2.93. The minimum atomic E-state index is -0.0432. The van der Waals surface area contributed by atoms with E-state index >= 15 is 0 Å². The lowest BCUT2D eigenvalue weighted by Crippen LogP contribution is -2.14. The maximum atomic E-state index is 12.3. The highest BCUT2D eigenvalue weighted by Gasteiger charge is 2.13. The Morgan fingerprint density at radius 2 is 1.93 bits per heavy atom. The van der Waals surface area contributed by atoms with E-state index in [4.69, 9.17) is 0 Å². The Labute approximate surface area is 170 Å². The first-order valence-electron chi connectivity index (χ1n) is 9.57. The molecule has 1 aromatic carbocycles. The molecule has 0 aliphatic carbocycles. The maximum absolute atomic E-state index is 12.3. The summed E-state index contributed by atoms with van der Waals surface area (Å²) in [5.41, 5.74) is 3.31. The van der Waals surface area contributed by atoms with Gasteiger partial charge in [-0.2, -0.15) is 0 Å². The normalized spacial score (nSPS) is 11.0. The van der Waals surface area contributed by atoms with Crippen LogP contribution in [0, 0.1) is 0 Å². The van der Waals surface area contributed by atoms with E-state index in [1.807, 2.05) is 43.1 Å². The second-order valence-corrected chi connectivity index (χ2v) is 7.82. The number of hydrogen-bond donors (Lipinski definition) is 1. The van der Waals surface area contributed by atoms with Crippen LogP contribution in [0.4, 0.5) is 5.69 Å². The topological polar surface area (TPSA) is 64.7 Å². The Morgan fingerprint density at radius 1 is 1.14 bits per heavy atom. The summed E-state index contributed by atoms with van der Waals surface area (Å²) in [5, 5.41) is 12.2. The second-order valence-electron chi connectivity index (χ2n) is 6.88. The zero-order valence-corrected chi connectivity index (χ0v) is 17.5. The standard InChI is InChI=1S/C21H27N5OS/c1-4-5-7-16-9-11-17(12-10-16)22-20(27)15-28-21-24-23-19(26(21)3)14-18-8-6-13-25(18)2/h6,8-13H,4-5,7,14-15H2,1-3H3,(H,22,27). The molecule has 0 fully saturated rings. The van der Waals surface area contributed by atoms with Crippen LogP contribution >= 0.6 is 11.8 Å². The highest BCUT2D eigenvalue weighted by Crippen LogP contribution is 2.18. The summed E-state index contributed by atoms with van der Waals surface area (Å²) in [6.07, 6.45) is 6.18. The average Bonchev–Trinajstić information content (AvgIpc) is 3.26. The molecule has 148 valence electrons. The number of benzene rings is 1. The van der Waals surface area contributed by atoms with Crippen molar-refractivity contribution in [3.63, 3.8) is 0 Å². The minimum absolute atomic E-state index is 0.0432. The number of nitrogens with zero attached hydrogens (tertiary/aromatic N) is 4. The van der Waals surface area contributed by atoms with Crippen molar-refractivity contribution in [2.75, 3.05) is 11.1 Å². The monoisotopic (exact) mass is 397 g/mol. The molecule has 0 unspecified atom stereocenters. The van der Waals surface area contributed by atoms with Gasteiger partial charge in [-0.1, -0.05) is 37.2 Å². The summed E-state index contributed by atoms with van der Waals surface area (Å²) in [7, 11) is 3.95. The molecule has 0 saturated heterocycles. The van der Waals surface area contributed by atoms with Crippen molar-refractivity contribution in [3.8, 4) is 0 Å². The number of aryl methyl sites for hydroxylation is 2. The fourth-order valence-corrected chi connectivity index (χ4v) is 3.66. The molecule has 3 rings (SSSR count). The van der Waals surface area contributed by atoms with Gasteiger partial charge in [-0.3, -0.25) is 4.79 Å². The summed E-state index contributed by atoms with van der Waals surface area (Å²) in [6.45, 7) is 2.19. The van der Waals surface area contributed by atoms with Crippen LogP contribution in [0.5, 0.6) is 0 Å². The van der Waals surface area contributed by atoms with Crippen LogP contribution in [-0.2, 0) is 31.7 Å². The van der Waals surface area contributed by atoms with Gasteiger partial charge in [0.2, 0.25) is 5.91 Å². The van der Waals surface area contributed by atoms with E-state index in [1.165, 1.54) is 35.9 Å².